The van der Waals surface area contributed by atoms with Gasteiger partial charge in [-0.2, -0.15) is 0 Å². The standard InChI is InChI=1S/C23H23ClFN5O3/c1-23(2,3)33-22(31)30-12-17(13-30)29-16-7-14(8-26-11-16)15-9-27-21(28-10-15)32-19-6-4-5-18(24)20(19)25/h4-11,17,29H,12-13H2,1-3H3. The summed E-state index contributed by atoms with van der Waals surface area (Å²) in [6.45, 7) is 6.63. The molecule has 0 spiro atoms. The zero-order chi connectivity index (χ0) is 23.6. The van der Waals surface area contributed by atoms with Gasteiger partial charge in [0, 0.05) is 49.0 Å². The quantitative estimate of drug-likeness (QED) is 0.550. The van der Waals surface area contributed by atoms with Crippen LogP contribution in [0.4, 0.5) is 14.9 Å². The minimum atomic E-state index is -0.670. The first kappa shape index (κ1) is 22.7. The van der Waals surface area contributed by atoms with Crippen LogP contribution in [0.3, 0.4) is 0 Å². The number of amides is 1. The largest absolute Gasteiger partial charge is 0.444 e. The second-order valence-electron chi connectivity index (χ2n) is 8.60. The summed E-state index contributed by atoms with van der Waals surface area (Å²) in [6.07, 6.45) is 6.22. The number of hydrogen-bond donors (Lipinski definition) is 1. The zero-order valence-electron chi connectivity index (χ0n) is 18.4. The molecule has 0 aliphatic carbocycles. The van der Waals surface area contributed by atoms with Gasteiger partial charge in [-0.15, -0.1) is 0 Å². The lowest BCUT2D eigenvalue weighted by atomic mass is 10.1. The van der Waals surface area contributed by atoms with Crippen molar-refractivity contribution in [1.82, 2.24) is 19.9 Å². The van der Waals surface area contributed by atoms with Crippen LogP contribution in [0.25, 0.3) is 11.1 Å². The Kier molecular flexibility index (Phi) is 6.33. The number of benzene rings is 1. The van der Waals surface area contributed by atoms with Gasteiger partial charge >= 0.3 is 12.1 Å². The summed E-state index contributed by atoms with van der Waals surface area (Å²) < 4.78 is 24.8. The van der Waals surface area contributed by atoms with Crippen LogP contribution >= 0.6 is 11.6 Å². The Morgan fingerprint density at radius 1 is 1.15 bits per heavy atom. The van der Waals surface area contributed by atoms with E-state index in [0.717, 1.165) is 11.3 Å². The van der Waals surface area contributed by atoms with E-state index in [2.05, 4.69) is 20.3 Å². The van der Waals surface area contributed by atoms with Gasteiger partial charge in [-0.1, -0.05) is 17.7 Å². The highest BCUT2D eigenvalue weighted by molar-refractivity contribution is 6.30. The molecule has 3 aromatic rings. The Balaban J connectivity index is 1.36. The van der Waals surface area contributed by atoms with E-state index in [1.54, 1.807) is 35.8 Å². The van der Waals surface area contributed by atoms with Gasteiger partial charge in [-0.05, 0) is 39.0 Å². The van der Waals surface area contributed by atoms with Crippen molar-refractivity contribution in [2.75, 3.05) is 18.4 Å². The molecule has 1 aliphatic rings. The molecule has 1 amide bonds. The van der Waals surface area contributed by atoms with Crippen LogP contribution in [0.15, 0.2) is 49.1 Å². The molecule has 2 aromatic heterocycles. The Labute approximate surface area is 195 Å². The monoisotopic (exact) mass is 471 g/mol. The summed E-state index contributed by atoms with van der Waals surface area (Å²) in [4.78, 5) is 26.3. The highest BCUT2D eigenvalue weighted by atomic mass is 35.5. The van der Waals surface area contributed by atoms with Crippen LogP contribution in [0, 0.1) is 5.82 Å². The van der Waals surface area contributed by atoms with E-state index < -0.39 is 11.4 Å². The number of ether oxygens (including phenoxy) is 2. The summed E-state index contributed by atoms with van der Waals surface area (Å²) >= 11 is 5.77. The lowest BCUT2D eigenvalue weighted by Crippen LogP contribution is -2.57. The third kappa shape index (κ3) is 5.67. The van der Waals surface area contributed by atoms with Gasteiger partial charge in [0.1, 0.15) is 5.60 Å². The van der Waals surface area contributed by atoms with Crippen molar-refractivity contribution in [2.24, 2.45) is 0 Å². The van der Waals surface area contributed by atoms with Gasteiger partial charge in [-0.25, -0.2) is 19.2 Å². The molecule has 1 saturated heterocycles. The first-order valence-electron chi connectivity index (χ1n) is 10.3. The number of hydrogen-bond acceptors (Lipinski definition) is 7. The smallest absolute Gasteiger partial charge is 0.410 e. The normalized spacial score (nSPS) is 13.9. The number of nitrogens with one attached hydrogen (secondary N) is 1. The van der Waals surface area contributed by atoms with E-state index in [-0.39, 0.29) is 28.9 Å². The van der Waals surface area contributed by atoms with Crippen LogP contribution in [-0.4, -0.2) is 50.7 Å². The summed E-state index contributed by atoms with van der Waals surface area (Å²) in [5.41, 5.74) is 1.80. The summed E-state index contributed by atoms with van der Waals surface area (Å²) in [7, 11) is 0. The molecular weight excluding hydrogens is 449 g/mol. The summed E-state index contributed by atoms with van der Waals surface area (Å²) in [6, 6.07) is 6.48. The number of pyridine rings is 1. The van der Waals surface area contributed by atoms with Crippen molar-refractivity contribution in [3.63, 3.8) is 0 Å². The minimum Gasteiger partial charge on any atom is -0.444 e. The number of likely N-dealkylation sites (tertiary alicyclic amines) is 1. The molecule has 0 atom stereocenters. The van der Waals surface area contributed by atoms with Gasteiger partial charge in [0.05, 0.1) is 16.8 Å². The van der Waals surface area contributed by atoms with Gasteiger partial charge < -0.3 is 19.7 Å². The second kappa shape index (κ2) is 9.19. The van der Waals surface area contributed by atoms with E-state index in [0.29, 0.717) is 18.7 Å². The first-order chi connectivity index (χ1) is 15.7. The molecule has 1 aromatic carbocycles. The Morgan fingerprint density at radius 3 is 2.58 bits per heavy atom. The molecule has 1 fully saturated rings. The average Bonchev–Trinajstić information content (AvgIpc) is 2.73. The number of rotatable bonds is 5. The number of carbonyl (C=O) groups is 1. The van der Waals surface area contributed by atoms with E-state index in [9.17, 15) is 9.18 Å². The van der Waals surface area contributed by atoms with Crippen molar-refractivity contribution in [3.05, 3.63) is 59.9 Å². The van der Waals surface area contributed by atoms with Crippen molar-refractivity contribution < 1.29 is 18.7 Å². The van der Waals surface area contributed by atoms with E-state index in [1.807, 2.05) is 26.8 Å². The molecule has 4 rings (SSSR count). The van der Waals surface area contributed by atoms with Gasteiger partial charge in [0.25, 0.3) is 0 Å². The fraction of sp³-hybridized carbons (Fsp3) is 0.304. The van der Waals surface area contributed by atoms with Gasteiger partial charge in [0.15, 0.2) is 11.6 Å². The number of aromatic nitrogens is 3. The summed E-state index contributed by atoms with van der Waals surface area (Å²) in [5, 5.41) is 3.32. The zero-order valence-corrected chi connectivity index (χ0v) is 19.1. The second-order valence-corrected chi connectivity index (χ2v) is 9.00. The average molecular weight is 472 g/mol. The predicted molar refractivity (Wildman–Crippen MR) is 122 cm³/mol. The van der Waals surface area contributed by atoms with Crippen LogP contribution in [0.2, 0.25) is 5.02 Å². The highest BCUT2D eigenvalue weighted by Gasteiger charge is 2.33. The van der Waals surface area contributed by atoms with Crippen LogP contribution < -0.4 is 10.1 Å². The van der Waals surface area contributed by atoms with E-state index in [1.165, 1.54) is 12.1 Å². The molecule has 10 heteroatoms. The van der Waals surface area contributed by atoms with Crippen LogP contribution in [-0.2, 0) is 4.74 Å². The molecule has 3 heterocycles. The first-order valence-corrected chi connectivity index (χ1v) is 10.7. The Hall–Kier alpha value is -3.46. The maximum absolute atomic E-state index is 14.0. The Bertz CT molecular complexity index is 1150. The molecule has 1 aliphatic heterocycles. The van der Waals surface area contributed by atoms with E-state index >= 15 is 0 Å². The fourth-order valence-electron chi connectivity index (χ4n) is 3.14. The number of halogens is 2. The molecule has 0 saturated carbocycles. The minimum absolute atomic E-state index is 0.00106. The summed E-state index contributed by atoms with van der Waals surface area (Å²) in [5.74, 6) is -0.722. The lowest BCUT2D eigenvalue weighted by molar-refractivity contribution is 0.0105. The van der Waals surface area contributed by atoms with Crippen molar-refractivity contribution in [3.8, 4) is 22.9 Å². The third-order valence-corrected chi connectivity index (χ3v) is 5.01. The van der Waals surface area contributed by atoms with Gasteiger partial charge in [-0.3, -0.25) is 4.98 Å². The molecule has 0 unspecified atom stereocenters. The Morgan fingerprint density at radius 2 is 1.88 bits per heavy atom. The molecule has 172 valence electrons. The van der Waals surface area contributed by atoms with Crippen molar-refractivity contribution in [2.45, 2.75) is 32.4 Å². The number of carbonyl (C=O) groups excluding carboxylic acids is 1. The predicted octanol–water partition coefficient (Wildman–Crippen LogP) is 5.15. The van der Waals surface area contributed by atoms with E-state index in [4.69, 9.17) is 21.1 Å². The molecule has 1 N–H and O–H groups in total. The van der Waals surface area contributed by atoms with Crippen molar-refractivity contribution >= 4 is 23.4 Å². The molecule has 0 bridgehead atoms. The van der Waals surface area contributed by atoms with Crippen molar-refractivity contribution in [1.29, 1.82) is 0 Å². The highest BCUT2D eigenvalue weighted by Crippen LogP contribution is 2.28. The molecular formula is C23H23ClFN5O3. The third-order valence-electron chi connectivity index (χ3n) is 4.72. The number of anilines is 1. The molecule has 8 nitrogen and oxygen atoms in total. The maximum Gasteiger partial charge on any atom is 0.410 e. The topological polar surface area (TPSA) is 89.5 Å². The SMILES string of the molecule is CC(C)(C)OC(=O)N1CC(Nc2cncc(-c3cnc(Oc4cccc(Cl)c4F)nc3)c2)C1. The molecule has 33 heavy (non-hydrogen) atoms. The fourth-order valence-corrected chi connectivity index (χ4v) is 3.30. The number of nitrogens with zero attached hydrogens (tertiary/aromatic N) is 4. The van der Waals surface area contributed by atoms with Crippen LogP contribution in [0.1, 0.15) is 20.8 Å². The molecule has 0 radical (unpaired) electrons. The lowest BCUT2D eigenvalue weighted by Gasteiger charge is -2.40. The van der Waals surface area contributed by atoms with Gasteiger partial charge in [0.2, 0.25) is 0 Å². The maximum atomic E-state index is 14.0. The van der Waals surface area contributed by atoms with Crippen LogP contribution in [0.5, 0.6) is 11.8 Å².